The summed E-state index contributed by atoms with van der Waals surface area (Å²) < 4.78 is 10.8. The van der Waals surface area contributed by atoms with E-state index in [-0.39, 0.29) is 0 Å². The summed E-state index contributed by atoms with van der Waals surface area (Å²) in [7, 11) is 3.27. The number of benzene rings is 1. The molecule has 0 radical (unpaired) electrons. The summed E-state index contributed by atoms with van der Waals surface area (Å²) in [6.45, 7) is 4.17. The molecule has 0 aliphatic heterocycles. The second kappa shape index (κ2) is 6.74. The number of anilines is 1. The molecule has 124 valence electrons. The van der Waals surface area contributed by atoms with Crippen molar-refractivity contribution in [2.75, 3.05) is 19.5 Å². The number of pyridine rings is 2. The van der Waals surface area contributed by atoms with Gasteiger partial charge in [-0.1, -0.05) is 0 Å². The Kier molecular flexibility index (Phi) is 4.51. The maximum absolute atomic E-state index is 5.42. The second-order valence-electron chi connectivity index (χ2n) is 5.82. The van der Waals surface area contributed by atoms with Gasteiger partial charge in [0.25, 0.3) is 0 Å². The summed E-state index contributed by atoms with van der Waals surface area (Å²) in [6, 6.07) is 10.2. The van der Waals surface area contributed by atoms with E-state index in [1.54, 1.807) is 20.4 Å². The molecule has 1 N–H and O–H groups in total. The second-order valence-corrected chi connectivity index (χ2v) is 5.82. The molecule has 0 aliphatic rings. The fourth-order valence-electron chi connectivity index (χ4n) is 2.64. The van der Waals surface area contributed by atoms with Gasteiger partial charge in [0.2, 0.25) is 0 Å². The number of hydrogen-bond acceptors (Lipinski definition) is 5. The lowest BCUT2D eigenvalue weighted by Crippen LogP contribution is -2.10. The number of aromatic nitrogens is 2. The highest BCUT2D eigenvalue weighted by atomic mass is 16.5. The number of rotatable bonds is 5. The van der Waals surface area contributed by atoms with Crippen molar-refractivity contribution in [3.8, 4) is 22.8 Å². The first-order valence-corrected chi connectivity index (χ1v) is 7.86. The number of ether oxygens (including phenoxy) is 2. The topological polar surface area (TPSA) is 56.3 Å². The Morgan fingerprint density at radius 2 is 1.71 bits per heavy atom. The van der Waals surface area contributed by atoms with Gasteiger partial charge in [-0.2, -0.15) is 0 Å². The van der Waals surface area contributed by atoms with Crippen LogP contribution in [0.3, 0.4) is 0 Å². The SMILES string of the molecule is COc1cc2ccnc(-c3ccc(NC(C)C)nc3)c2cc1OC. The molecule has 0 saturated heterocycles. The summed E-state index contributed by atoms with van der Waals surface area (Å²) >= 11 is 0. The lowest BCUT2D eigenvalue weighted by Gasteiger charge is -2.12. The molecule has 2 heterocycles. The first-order chi connectivity index (χ1) is 11.6. The van der Waals surface area contributed by atoms with Crippen molar-refractivity contribution in [3.05, 3.63) is 42.7 Å². The van der Waals surface area contributed by atoms with Crippen LogP contribution in [0.2, 0.25) is 0 Å². The monoisotopic (exact) mass is 323 g/mol. The minimum absolute atomic E-state index is 0.343. The van der Waals surface area contributed by atoms with Crippen LogP contribution in [-0.2, 0) is 0 Å². The Balaban J connectivity index is 2.08. The van der Waals surface area contributed by atoms with Crippen molar-refractivity contribution in [3.63, 3.8) is 0 Å². The zero-order valence-corrected chi connectivity index (χ0v) is 14.3. The van der Waals surface area contributed by atoms with Crippen LogP contribution in [0.5, 0.6) is 11.5 Å². The Bertz CT molecular complexity index is 845. The molecule has 3 aromatic rings. The van der Waals surface area contributed by atoms with Gasteiger partial charge in [-0.3, -0.25) is 4.98 Å². The Labute approximate surface area is 141 Å². The van der Waals surface area contributed by atoms with Crippen molar-refractivity contribution >= 4 is 16.6 Å². The van der Waals surface area contributed by atoms with Crippen molar-refractivity contribution < 1.29 is 9.47 Å². The minimum atomic E-state index is 0.343. The van der Waals surface area contributed by atoms with Gasteiger partial charge in [0.05, 0.1) is 19.9 Å². The van der Waals surface area contributed by atoms with E-state index in [4.69, 9.17) is 9.47 Å². The highest BCUT2D eigenvalue weighted by Crippen LogP contribution is 2.35. The summed E-state index contributed by atoms with van der Waals surface area (Å²) in [6.07, 6.45) is 3.63. The lowest BCUT2D eigenvalue weighted by molar-refractivity contribution is 0.356. The summed E-state index contributed by atoms with van der Waals surface area (Å²) in [4.78, 5) is 9.01. The van der Waals surface area contributed by atoms with Gasteiger partial charge in [0, 0.05) is 29.4 Å². The van der Waals surface area contributed by atoms with Gasteiger partial charge in [0.1, 0.15) is 5.82 Å². The van der Waals surface area contributed by atoms with Crippen LogP contribution in [0.15, 0.2) is 42.7 Å². The van der Waals surface area contributed by atoms with E-state index in [1.165, 1.54) is 0 Å². The van der Waals surface area contributed by atoms with Crippen LogP contribution in [0.25, 0.3) is 22.0 Å². The molecule has 2 aromatic heterocycles. The van der Waals surface area contributed by atoms with Gasteiger partial charge >= 0.3 is 0 Å². The van der Waals surface area contributed by atoms with Gasteiger partial charge in [-0.25, -0.2) is 4.98 Å². The lowest BCUT2D eigenvalue weighted by atomic mass is 10.0. The van der Waals surface area contributed by atoms with Crippen LogP contribution < -0.4 is 14.8 Å². The molecule has 5 nitrogen and oxygen atoms in total. The van der Waals surface area contributed by atoms with Crippen molar-refractivity contribution in [2.24, 2.45) is 0 Å². The van der Waals surface area contributed by atoms with E-state index in [2.05, 4.69) is 29.1 Å². The molecule has 0 fully saturated rings. The van der Waals surface area contributed by atoms with Crippen LogP contribution >= 0.6 is 0 Å². The third-order valence-electron chi connectivity index (χ3n) is 3.74. The highest BCUT2D eigenvalue weighted by Gasteiger charge is 2.11. The van der Waals surface area contributed by atoms with E-state index in [0.717, 1.165) is 27.8 Å². The van der Waals surface area contributed by atoms with Crippen LogP contribution in [0, 0.1) is 0 Å². The third-order valence-corrected chi connectivity index (χ3v) is 3.74. The molecular formula is C19H21N3O2. The Morgan fingerprint density at radius 1 is 0.958 bits per heavy atom. The molecular weight excluding hydrogens is 302 g/mol. The normalized spacial score (nSPS) is 10.9. The molecule has 3 rings (SSSR count). The predicted octanol–water partition coefficient (Wildman–Crippen LogP) is 4.13. The Morgan fingerprint density at radius 3 is 2.33 bits per heavy atom. The first-order valence-electron chi connectivity index (χ1n) is 7.86. The molecule has 0 spiro atoms. The first kappa shape index (κ1) is 16.1. The van der Waals surface area contributed by atoms with E-state index < -0.39 is 0 Å². The van der Waals surface area contributed by atoms with Gasteiger partial charge in [-0.15, -0.1) is 0 Å². The van der Waals surface area contributed by atoms with Gasteiger partial charge < -0.3 is 14.8 Å². The highest BCUT2D eigenvalue weighted by molar-refractivity contribution is 5.96. The van der Waals surface area contributed by atoms with Crippen LogP contribution in [0.1, 0.15) is 13.8 Å². The molecule has 0 saturated carbocycles. The number of methoxy groups -OCH3 is 2. The molecule has 0 unspecified atom stereocenters. The fourth-order valence-corrected chi connectivity index (χ4v) is 2.64. The third kappa shape index (κ3) is 3.11. The molecule has 0 atom stereocenters. The minimum Gasteiger partial charge on any atom is -0.493 e. The quantitative estimate of drug-likeness (QED) is 0.765. The number of nitrogens with zero attached hydrogens (tertiary/aromatic N) is 2. The maximum Gasteiger partial charge on any atom is 0.161 e. The molecule has 0 amide bonds. The fraction of sp³-hybridized carbons (Fsp3) is 0.263. The van der Waals surface area contributed by atoms with Gasteiger partial charge in [-0.05, 0) is 49.6 Å². The summed E-state index contributed by atoms with van der Waals surface area (Å²) in [5.41, 5.74) is 1.83. The van der Waals surface area contributed by atoms with Crippen LogP contribution in [0.4, 0.5) is 5.82 Å². The molecule has 24 heavy (non-hydrogen) atoms. The molecule has 0 bridgehead atoms. The average molecular weight is 323 g/mol. The zero-order chi connectivity index (χ0) is 17.1. The predicted molar refractivity (Wildman–Crippen MR) is 96.8 cm³/mol. The molecule has 5 heteroatoms. The standard InChI is InChI=1S/C19H21N3O2/c1-12(2)22-18-6-5-14(11-21-18)19-15-10-17(24-4)16(23-3)9-13(15)7-8-20-19/h5-12H,1-4H3,(H,21,22). The van der Waals surface area contributed by atoms with Crippen LogP contribution in [-0.4, -0.2) is 30.2 Å². The number of fused-ring (bicyclic) bond motifs is 1. The van der Waals surface area contributed by atoms with E-state index >= 15 is 0 Å². The molecule has 0 aliphatic carbocycles. The zero-order valence-electron chi connectivity index (χ0n) is 14.3. The summed E-state index contributed by atoms with van der Waals surface area (Å²) in [5, 5.41) is 5.33. The largest absolute Gasteiger partial charge is 0.493 e. The Hall–Kier alpha value is -2.82. The van der Waals surface area contributed by atoms with Crippen molar-refractivity contribution in [2.45, 2.75) is 19.9 Å². The van der Waals surface area contributed by atoms with E-state index in [1.807, 2.05) is 36.5 Å². The van der Waals surface area contributed by atoms with Gasteiger partial charge in [0.15, 0.2) is 11.5 Å². The molecule has 1 aromatic carbocycles. The number of hydrogen-bond donors (Lipinski definition) is 1. The van der Waals surface area contributed by atoms with Crippen molar-refractivity contribution in [1.82, 2.24) is 9.97 Å². The van der Waals surface area contributed by atoms with E-state index in [0.29, 0.717) is 17.5 Å². The summed E-state index contributed by atoms with van der Waals surface area (Å²) in [5.74, 6) is 2.25. The van der Waals surface area contributed by atoms with Crippen molar-refractivity contribution in [1.29, 1.82) is 0 Å². The van der Waals surface area contributed by atoms with E-state index in [9.17, 15) is 0 Å². The average Bonchev–Trinajstić information content (AvgIpc) is 2.60. The number of nitrogens with one attached hydrogen (secondary N) is 1. The maximum atomic E-state index is 5.42. The smallest absolute Gasteiger partial charge is 0.161 e.